The van der Waals surface area contributed by atoms with Gasteiger partial charge in [-0.2, -0.15) is 11.3 Å². The van der Waals surface area contributed by atoms with Crippen LogP contribution in [0.3, 0.4) is 0 Å². The van der Waals surface area contributed by atoms with E-state index < -0.39 is 12.1 Å². The molecular weight excluding hydrogens is 392 g/mol. The second kappa shape index (κ2) is 7.69. The highest BCUT2D eigenvalue weighted by atomic mass is 32.1. The topological polar surface area (TPSA) is 72.1 Å². The number of carbonyl (C=O) groups excluding carboxylic acids is 2. The fourth-order valence-corrected chi connectivity index (χ4v) is 4.68. The number of benzene rings is 1. The van der Waals surface area contributed by atoms with Crippen molar-refractivity contribution in [2.45, 2.75) is 26.4 Å². The number of fused-ring (bicyclic) bond motifs is 1. The van der Waals surface area contributed by atoms with Crippen LogP contribution in [0.5, 0.6) is 0 Å². The molecule has 28 heavy (non-hydrogen) atoms. The lowest BCUT2D eigenvalue weighted by atomic mass is 10.0. The van der Waals surface area contributed by atoms with Crippen molar-refractivity contribution in [2.24, 2.45) is 0 Å². The lowest BCUT2D eigenvalue weighted by Crippen LogP contribution is -2.25. The smallest absolute Gasteiger partial charge is 0.312 e. The van der Waals surface area contributed by atoms with E-state index in [1.165, 1.54) is 11.3 Å². The highest BCUT2D eigenvalue weighted by molar-refractivity contribution is 7.14. The molecule has 0 amide bonds. The van der Waals surface area contributed by atoms with E-state index in [2.05, 4.69) is 9.97 Å². The molecule has 0 saturated carbocycles. The first kappa shape index (κ1) is 18.6. The number of H-pyrrole nitrogens is 1. The lowest BCUT2D eigenvalue weighted by molar-refractivity contribution is -0.145. The van der Waals surface area contributed by atoms with Gasteiger partial charge >= 0.3 is 5.97 Å². The third kappa shape index (κ3) is 3.63. The molecule has 0 spiro atoms. The average Bonchev–Trinajstić information content (AvgIpc) is 3.39. The lowest BCUT2D eigenvalue weighted by Gasteiger charge is -2.12. The predicted octanol–water partition coefficient (Wildman–Crippen LogP) is 5.02. The van der Waals surface area contributed by atoms with E-state index in [9.17, 15) is 9.59 Å². The first-order valence-corrected chi connectivity index (χ1v) is 10.6. The van der Waals surface area contributed by atoms with E-state index >= 15 is 0 Å². The normalized spacial score (nSPS) is 12.2. The Balaban J connectivity index is 1.44. The molecule has 0 fully saturated rings. The average molecular weight is 411 g/mol. The minimum Gasteiger partial charge on any atom is -0.454 e. The molecule has 1 N–H and O–H groups in total. The molecule has 0 aliphatic rings. The number of thiophene rings is 1. The molecule has 7 heteroatoms. The van der Waals surface area contributed by atoms with Crippen molar-refractivity contribution < 1.29 is 14.3 Å². The van der Waals surface area contributed by atoms with Crippen LogP contribution in [0.4, 0.5) is 0 Å². The number of esters is 1. The van der Waals surface area contributed by atoms with Crippen LogP contribution in [0, 0.1) is 6.92 Å². The van der Waals surface area contributed by atoms with E-state index in [-0.39, 0.29) is 12.2 Å². The van der Waals surface area contributed by atoms with E-state index in [1.54, 1.807) is 18.3 Å². The third-order valence-electron chi connectivity index (χ3n) is 4.46. The molecule has 1 aromatic carbocycles. The van der Waals surface area contributed by atoms with E-state index in [0.29, 0.717) is 11.3 Å². The molecule has 1 atom stereocenters. The number of nitrogens with zero attached hydrogens (tertiary/aromatic N) is 1. The van der Waals surface area contributed by atoms with Gasteiger partial charge in [-0.15, -0.1) is 11.3 Å². The van der Waals surface area contributed by atoms with Gasteiger partial charge in [-0.05, 0) is 31.4 Å². The van der Waals surface area contributed by atoms with Crippen molar-refractivity contribution >= 4 is 45.3 Å². The summed E-state index contributed by atoms with van der Waals surface area (Å²) in [6.07, 6.45) is -0.814. The summed E-state index contributed by atoms with van der Waals surface area (Å²) >= 11 is 3.10. The first-order valence-electron chi connectivity index (χ1n) is 8.81. The second-order valence-electron chi connectivity index (χ2n) is 6.50. The monoisotopic (exact) mass is 410 g/mol. The number of Topliss-reactive ketones (excluding diaryl/α,β-unsaturated/α-hetero) is 1. The van der Waals surface area contributed by atoms with E-state index in [1.807, 2.05) is 53.4 Å². The zero-order valence-corrected chi connectivity index (χ0v) is 17.0. The summed E-state index contributed by atoms with van der Waals surface area (Å²) in [5, 5.41) is 7.58. The molecule has 0 aliphatic heterocycles. The largest absolute Gasteiger partial charge is 0.454 e. The van der Waals surface area contributed by atoms with Gasteiger partial charge in [0.1, 0.15) is 5.01 Å². The highest BCUT2D eigenvalue weighted by Gasteiger charge is 2.24. The number of aryl methyl sites for hydroxylation is 1. The number of nitrogens with one attached hydrogen (secondary N) is 1. The standard InChI is InChI=1S/C21H18N2O3S2/c1-12-19(16-5-3-4-6-17(16)22-12)20(25)13(2)26-18(24)9-15-11-28-21(23-15)14-7-8-27-10-14/h3-8,10-11,13,22H,9H2,1-2H3/t13-/m0/s1. The van der Waals surface area contributed by atoms with Crippen LogP contribution in [0.2, 0.25) is 0 Å². The van der Waals surface area contributed by atoms with Gasteiger partial charge in [0.15, 0.2) is 6.10 Å². The number of ketones is 1. The van der Waals surface area contributed by atoms with Crippen LogP contribution >= 0.6 is 22.7 Å². The molecule has 0 bridgehead atoms. The maximum Gasteiger partial charge on any atom is 0.312 e. The fraction of sp³-hybridized carbons (Fsp3) is 0.190. The number of thiazole rings is 1. The Kier molecular flexibility index (Phi) is 5.11. The number of hydrogen-bond donors (Lipinski definition) is 1. The van der Waals surface area contributed by atoms with Crippen molar-refractivity contribution in [2.75, 3.05) is 0 Å². The summed E-state index contributed by atoms with van der Waals surface area (Å²) in [4.78, 5) is 32.9. The summed E-state index contributed by atoms with van der Waals surface area (Å²) in [7, 11) is 0. The van der Waals surface area contributed by atoms with Crippen molar-refractivity contribution in [1.29, 1.82) is 0 Å². The zero-order chi connectivity index (χ0) is 19.7. The Morgan fingerprint density at radius 1 is 1.21 bits per heavy atom. The molecule has 4 rings (SSSR count). The van der Waals surface area contributed by atoms with Gasteiger partial charge in [0.2, 0.25) is 5.78 Å². The Morgan fingerprint density at radius 2 is 2.04 bits per heavy atom. The Morgan fingerprint density at radius 3 is 2.82 bits per heavy atom. The molecule has 3 heterocycles. The number of aromatic nitrogens is 2. The van der Waals surface area contributed by atoms with Crippen molar-refractivity contribution in [3.8, 4) is 10.6 Å². The molecule has 142 valence electrons. The summed E-state index contributed by atoms with van der Waals surface area (Å²) in [6, 6.07) is 9.60. The van der Waals surface area contributed by atoms with Crippen LogP contribution in [0.25, 0.3) is 21.5 Å². The number of rotatable bonds is 6. The van der Waals surface area contributed by atoms with Gasteiger partial charge in [0.25, 0.3) is 0 Å². The second-order valence-corrected chi connectivity index (χ2v) is 8.14. The fourth-order valence-electron chi connectivity index (χ4n) is 3.14. The molecule has 3 aromatic heterocycles. The van der Waals surface area contributed by atoms with Crippen molar-refractivity contribution in [3.05, 3.63) is 63.4 Å². The van der Waals surface area contributed by atoms with Crippen molar-refractivity contribution in [3.63, 3.8) is 0 Å². The third-order valence-corrected chi connectivity index (χ3v) is 6.09. The molecule has 0 unspecified atom stereocenters. The molecule has 0 radical (unpaired) electrons. The van der Waals surface area contributed by atoms with Crippen LogP contribution in [-0.2, 0) is 16.0 Å². The minimum atomic E-state index is -0.861. The summed E-state index contributed by atoms with van der Waals surface area (Å²) in [6.45, 7) is 3.46. The maximum absolute atomic E-state index is 12.9. The van der Waals surface area contributed by atoms with Gasteiger partial charge in [0, 0.05) is 38.5 Å². The van der Waals surface area contributed by atoms with E-state index in [4.69, 9.17) is 4.74 Å². The maximum atomic E-state index is 12.9. The van der Waals surface area contributed by atoms with Crippen LogP contribution < -0.4 is 0 Å². The van der Waals surface area contributed by atoms with Crippen LogP contribution in [-0.4, -0.2) is 27.8 Å². The molecule has 4 aromatic rings. The van der Waals surface area contributed by atoms with Crippen molar-refractivity contribution in [1.82, 2.24) is 9.97 Å². The molecule has 5 nitrogen and oxygen atoms in total. The van der Waals surface area contributed by atoms with E-state index in [0.717, 1.165) is 27.2 Å². The van der Waals surface area contributed by atoms with Crippen LogP contribution in [0.15, 0.2) is 46.5 Å². The first-order chi connectivity index (χ1) is 13.5. The molecule has 0 saturated heterocycles. The molecular formula is C21H18N2O3S2. The Labute approximate surface area is 170 Å². The zero-order valence-electron chi connectivity index (χ0n) is 15.4. The SMILES string of the molecule is Cc1[nH]c2ccccc2c1C(=O)[C@H](C)OC(=O)Cc1csc(-c2ccsc2)n1. The number of hydrogen-bond acceptors (Lipinski definition) is 6. The Hall–Kier alpha value is -2.77. The van der Waals surface area contributed by atoms with Gasteiger partial charge in [-0.25, -0.2) is 4.98 Å². The summed E-state index contributed by atoms with van der Waals surface area (Å²) < 4.78 is 5.41. The summed E-state index contributed by atoms with van der Waals surface area (Å²) in [5.74, 6) is -0.666. The minimum absolute atomic E-state index is 0.0467. The number of para-hydroxylation sites is 1. The van der Waals surface area contributed by atoms with Gasteiger partial charge in [0.05, 0.1) is 12.1 Å². The van der Waals surface area contributed by atoms with Gasteiger partial charge < -0.3 is 9.72 Å². The quantitative estimate of drug-likeness (QED) is 0.358. The number of aromatic amines is 1. The summed E-state index contributed by atoms with van der Waals surface area (Å²) in [5.41, 5.74) is 3.94. The van der Waals surface area contributed by atoms with Gasteiger partial charge in [-0.3, -0.25) is 9.59 Å². The van der Waals surface area contributed by atoms with Gasteiger partial charge in [-0.1, -0.05) is 18.2 Å². The number of carbonyl (C=O) groups is 2. The highest BCUT2D eigenvalue weighted by Crippen LogP contribution is 2.26. The predicted molar refractivity (Wildman–Crippen MR) is 112 cm³/mol. The molecule has 0 aliphatic carbocycles. The van der Waals surface area contributed by atoms with Crippen LogP contribution in [0.1, 0.15) is 28.7 Å². The Bertz CT molecular complexity index is 1140. The number of ether oxygens (including phenoxy) is 1.